The van der Waals surface area contributed by atoms with E-state index in [0.717, 1.165) is 22.7 Å². The van der Waals surface area contributed by atoms with Crippen LogP contribution in [0, 0.1) is 0 Å². The van der Waals surface area contributed by atoms with Gasteiger partial charge in [-0.1, -0.05) is 35.5 Å². The molecule has 20 heavy (non-hydrogen) atoms. The predicted molar refractivity (Wildman–Crippen MR) is 78.0 cm³/mol. The van der Waals surface area contributed by atoms with E-state index in [-0.39, 0.29) is 0 Å². The van der Waals surface area contributed by atoms with Crippen LogP contribution in [0.15, 0.2) is 60.8 Å². The molecule has 3 aromatic rings. The summed E-state index contributed by atoms with van der Waals surface area (Å²) in [5, 5.41) is 8.37. The fraction of sp³-hybridized carbons (Fsp3) is 0.125. The second-order valence-electron chi connectivity index (χ2n) is 4.34. The Morgan fingerprint density at radius 1 is 1.00 bits per heavy atom. The molecule has 4 nitrogen and oxygen atoms in total. The van der Waals surface area contributed by atoms with Gasteiger partial charge < -0.3 is 4.74 Å². The number of ether oxygens (including phenoxy) is 1. The zero-order chi connectivity index (χ0) is 13.8. The van der Waals surface area contributed by atoms with Gasteiger partial charge in [0.05, 0.1) is 18.5 Å². The molecule has 0 fully saturated rings. The molecule has 0 saturated carbocycles. The first-order valence-corrected chi connectivity index (χ1v) is 6.58. The second-order valence-corrected chi connectivity index (χ2v) is 4.34. The highest BCUT2D eigenvalue weighted by Crippen LogP contribution is 2.18. The van der Waals surface area contributed by atoms with Gasteiger partial charge in [0, 0.05) is 5.56 Å². The van der Waals surface area contributed by atoms with Crippen molar-refractivity contribution in [1.29, 1.82) is 0 Å². The third kappa shape index (κ3) is 2.54. The van der Waals surface area contributed by atoms with Crippen molar-refractivity contribution in [2.45, 2.75) is 6.92 Å². The standard InChI is InChI=1S/C16H15N3O/c1-2-20-15-10-8-14(9-11-15)19-12-16(17-18-19)13-6-4-3-5-7-13/h3-12H,2H2,1H3. The van der Waals surface area contributed by atoms with Crippen LogP contribution in [0.3, 0.4) is 0 Å². The quantitative estimate of drug-likeness (QED) is 0.726. The number of hydrogen-bond donors (Lipinski definition) is 0. The summed E-state index contributed by atoms with van der Waals surface area (Å²) in [7, 11) is 0. The van der Waals surface area contributed by atoms with Crippen molar-refractivity contribution in [2.75, 3.05) is 6.61 Å². The van der Waals surface area contributed by atoms with Gasteiger partial charge in [0.15, 0.2) is 0 Å². The van der Waals surface area contributed by atoms with Crippen LogP contribution in [0.25, 0.3) is 16.9 Å². The van der Waals surface area contributed by atoms with Gasteiger partial charge in [-0.15, -0.1) is 5.10 Å². The van der Waals surface area contributed by atoms with Crippen LogP contribution < -0.4 is 4.74 Å². The molecular formula is C16H15N3O. The number of aromatic nitrogens is 3. The zero-order valence-electron chi connectivity index (χ0n) is 11.2. The fourth-order valence-electron chi connectivity index (χ4n) is 1.99. The van der Waals surface area contributed by atoms with E-state index in [2.05, 4.69) is 10.3 Å². The molecular weight excluding hydrogens is 250 g/mol. The van der Waals surface area contributed by atoms with Crippen LogP contribution >= 0.6 is 0 Å². The highest BCUT2D eigenvalue weighted by molar-refractivity contribution is 5.57. The van der Waals surface area contributed by atoms with Gasteiger partial charge in [0.2, 0.25) is 0 Å². The van der Waals surface area contributed by atoms with E-state index in [4.69, 9.17) is 4.74 Å². The molecule has 0 unspecified atom stereocenters. The van der Waals surface area contributed by atoms with Crippen LogP contribution in [-0.4, -0.2) is 21.6 Å². The van der Waals surface area contributed by atoms with Crippen molar-refractivity contribution in [3.05, 3.63) is 60.8 Å². The first kappa shape index (κ1) is 12.4. The Balaban J connectivity index is 1.86. The molecule has 3 rings (SSSR count). The van der Waals surface area contributed by atoms with Gasteiger partial charge in [-0.2, -0.15) is 0 Å². The van der Waals surface area contributed by atoms with Gasteiger partial charge in [0.1, 0.15) is 11.4 Å². The molecule has 0 bridgehead atoms. The molecule has 2 aromatic carbocycles. The maximum absolute atomic E-state index is 5.43. The Bertz CT molecular complexity index is 674. The van der Waals surface area contributed by atoms with E-state index in [1.807, 2.05) is 67.7 Å². The molecule has 0 radical (unpaired) electrons. The Kier molecular flexibility index (Phi) is 3.46. The maximum Gasteiger partial charge on any atom is 0.119 e. The third-order valence-electron chi connectivity index (χ3n) is 2.98. The predicted octanol–water partition coefficient (Wildman–Crippen LogP) is 3.33. The lowest BCUT2D eigenvalue weighted by atomic mass is 10.2. The lowest BCUT2D eigenvalue weighted by molar-refractivity contribution is 0.340. The molecule has 0 saturated heterocycles. The van der Waals surface area contributed by atoms with Crippen molar-refractivity contribution in [1.82, 2.24) is 15.0 Å². The summed E-state index contributed by atoms with van der Waals surface area (Å²) >= 11 is 0. The summed E-state index contributed by atoms with van der Waals surface area (Å²) in [6.07, 6.45) is 1.92. The molecule has 1 heterocycles. The summed E-state index contributed by atoms with van der Waals surface area (Å²) in [4.78, 5) is 0. The van der Waals surface area contributed by atoms with E-state index in [1.165, 1.54) is 0 Å². The largest absolute Gasteiger partial charge is 0.494 e. The number of hydrogen-bond acceptors (Lipinski definition) is 3. The van der Waals surface area contributed by atoms with Gasteiger partial charge >= 0.3 is 0 Å². The lowest BCUT2D eigenvalue weighted by Gasteiger charge is -2.04. The summed E-state index contributed by atoms with van der Waals surface area (Å²) < 4.78 is 7.19. The normalized spacial score (nSPS) is 10.4. The number of nitrogens with zero attached hydrogens (tertiary/aromatic N) is 3. The molecule has 0 aliphatic rings. The van der Waals surface area contributed by atoms with Crippen LogP contribution in [-0.2, 0) is 0 Å². The first-order valence-electron chi connectivity index (χ1n) is 6.58. The Labute approximate surface area is 117 Å². The van der Waals surface area contributed by atoms with Crippen molar-refractivity contribution in [2.24, 2.45) is 0 Å². The molecule has 0 atom stereocenters. The molecule has 0 N–H and O–H groups in total. The van der Waals surface area contributed by atoms with E-state index in [1.54, 1.807) is 4.68 Å². The zero-order valence-corrected chi connectivity index (χ0v) is 11.2. The smallest absolute Gasteiger partial charge is 0.119 e. The van der Waals surface area contributed by atoms with Crippen LogP contribution in [0.2, 0.25) is 0 Å². The minimum absolute atomic E-state index is 0.667. The van der Waals surface area contributed by atoms with Crippen LogP contribution in [0.5, 0.6) is 5.75 Å². The molecule has 0 aliphatic carbocycles. The number of rotatable bonds is 4. The van der Waals surface area contributed by atoms with Crippen LogP contribution in [0.4, 0.5) is 0 Å². The summed E-state index contributed by atoms with van der Waals surface area (Å²) in [5.41, 5.74) is 2.88. The van der Waals surface area contributed by atoms with E-state index < -0.39 is 0 Å². The third-order valence-corrected chi connectivity index (χ3v) is 2.98. The Morgan fingerprint density at radius 2 is 1.75 bits per heavy atom. The monoisotopic (exact) mass is 265 g/mol. The van der Waals surface area contributed by atoms with Gasteiger partial charge in [-0.05, 0) is 31.2 Å². The van der Waals surface area contributed by atoms with E-state index >= 15 is 0 Å². The average molecular weight is 265 g/mol. The van der Waals surface area contributed by atoms with Crippen molar-refractivity contribution < 1.29 is 4.74 Å². The molecule has 100 valence electrons. The molecule has 0 spiro atoms. The van der Waals surface area contributed by atoms with E-state index in [0.29, 0.717) is 6.61 Å². The topological polar surface area (TPSA) is 39.9 Å². The van der Waals surface area contributed by atoms with Crippen molar-refractivity contribution in [3.63, 3.8) is 0 Å². The first-order chi connectivity index (χ1) is 9.86. The SMILES string of the molecule is CCOc1ccc(-n2cc(-c3ccccc3)nn2)cc1. The molecule has 0 aliphatic heterocycles. The van der Waals surface area contributed by atoms with Crippen molar-refractivity contribution >= 4 is 0 Å². The maximum atomic E-state index is 5.43. The summed E-state index contributed by atoms with van der Waals surface area (Å²) in [6, 6.07) is 17.8. The van der Waals surface area contributed by atoms with Crippen molar-refractivity contribution in [3.8, 4) is 22.7 Å². The van der Waals surface area contributed by atoms with Crippen LogP contribution in [0.1, 0.15) is 6.92 Å². The van der Waals surface area contributed by atoms with Gasteiger partial charge in [0.25, 0.3) is 0 Å². The highest BCUT2D eigenvalue weighted by Gasteiger charge is 2.04. The average Bonchev–Trinajstić information content (AvgIpc) is 2.99. The molecule has 4 heteroatoms. The van der Waals surface area contributed by atoms with Gasteiger partial charge in [-0.3, -0.25) is 0 Å². The minimum Gasteiger partial charge on any atom is -0.494 e. The Morgan fingerprint density at radius 3 is 2.45 bits per heavy atom. The fourth-order valence-corrected chi connectivity index (χ4v) is 1.99. The highest BCUT2D eigenvalue weighted by atomic mass is 16.5. The lowest BCUT2D eigenvalue weighted by Crippen LogP contribution is -1.96. The molecule has 1 aromatic heterocycles. The van der Waals surface area contributed by atoms with E-state index in [9.17, 15) is 0 Å². The Hall–Kier alpha value is -2.62. The minimum atomic E-state index is 0.667. The number of benzene rings is 2. The summed E-state index contributed by atoms with van der Waals surface area (Å²) in [5.74, 6) is 0.861. The molecule has 0 amide bonds. The summed E-state index contributed by atoms with van der Waals surface area (Å²) in [6.45, 7) is 2.64. The second kappa shape index (κ2) is 5.57. The van der Waals surface area contributed by atoms with Gasteiger partial charge in [-0.25, -0.2) is 4.68 Å².